The summed E-state index contributed by atoms with van der Waals surface area (Å²) >= 11 is 0. The maximum absolute atomic E-state index is 12.5. The fourth-order valence-corrected chi connectivity index (χ4v) is 3.26. The molecule has 2 aromatic carbocycles. The van der Waals surface area contributed by atoms with E-state index in [2.05, 4.69) is 17.4 Å². The van der Waals surface area contributed by atoms with Gasteiger partial charge >= 0.3 is 5.97 Å². The Labute approximate surface area is 166 Å². The Kier molecular flexibility index (Phi) is 7.18. The zero-order chi connectivity index (χ0) is 20.8. The number of hydrogen-bond donors (Lipinski definition) is 1. The molecule has 0 saturated carbocycles. The quantitative estimate of drug-likeness (QED) is 0.741. The number of nitrogens with zero attached hydrogens (tertiary/aromatic N) is 1. The van der Waals surface area contributed by atoms with Gasteiger partial charge in [-0.1, -0.05) is 18.2 Å². The van der Waals surface area contributed by atoms with Gasteiger partial charge in [0.25, 0.3) is 0 Å². The average molecular weight is 384 g/mol. The van der Waals surface area contributed by atoms with Crippen LogP contribution in [-0.2, 0) is 16.1 Å². The van der Waals surface area contributed by atoms with Crippen LogP contribution in [0.5, 0.6) is 5.75 Å². The number of amides is 1. The monoisotopic (exact) mass is 384 g/mol. The van der Waals surface area contributed by atoms with Gasteiger partial charge < -0.3 is 14.8 Å². The first-order chi connectivity index (χ1) is 13.2. The van der Waals surface area contributed by atoms with Crippen LogP contribution in [0.25, 0.3) is 0 Å². The molecule has 0 heterocycles. The van der Waals surface area contributed by atoms with E-state index in [9.17, 15) is 9.59 Å². The summed E-state index contributed by atoms with van der Waals surface area (Å²) < 4.78 is 10.1. The molecule has 0 fully saturated rings. The van der Waals surface area contributed by atoms with Gasteiger partial charge in [0, 0.05) is 12.2 Å². The molecule has 6 heteroatoms. The van der Waals surface area contributed by atoms with Crippen LogP contribution in [0.3, 0.4) is 0 Å². The van der Waals surface area contributed by atoms with Crippen molar-refractivity contribution in [3.05, 3.63) is 58.1 Å². The van der Waals surface area contributed by atoms with Crippen LogP contribution in [0.2, 0.25) is 0 Å². The summed E-state index contributed by atoms with van der Waals surface area (Å²) in [6, 6.07) is 9.25. The van der Waals surface area contributed by atoms with E-state index >= 15 is 0 Å². The predicted octanol–water partition coefficient (Wildman–Crippen LogP) is 3.48. The van der Waals surface area contributed by atoms with E-state index in [1.54, 1.807) is 25.3 Å². The van der Waals surface area contributed by atoms with Crippen molar-refractivity contribution in [1.29, 1.82) is 0 Å². The highest BCUT2D eigenvalue weighted by atomic mass is 16.5. The van der Waals surface area contributed by atoms with Crippen LogP contribution in [-0.4, -0.2) is 44.6 Å². The molecular weight excluding hydrogens is 356 g/mol. The predicted molar refractivity (Wildman–Crippen MR) is 110 cm³/mol. The lowest BCUT2D eigenvalue weighted by Crippen LogP contribution is -2.30. The zero-order valence-electron chi connectivity index (χ0n) is 17.4. The summed E-state index contributed by atoms with van der Waals surface area (Å²) in [5.74, 6) is 0.317. The van der Waals surface area contributed by atoms with Crippen molar-refractivity contribution in [3.8, 4) is 5.75 Å². The summed E-state index contributed by atoms with van der Waals surface area (Å²) in [4.78, 5) is 26.1. The van der Waals surface area contributed by atoms with Crippen molar-refractivity contribution in [1.82, 2.24) is 4.90 Å². The van der Waals surface area contributed by atoms with Gasteiger partial charge in [0.2, 0.25) is 5.91 Å². The Morgan fingerprint density at radius 3 is 2.21 bits per heavy atom. The standard InChI is InChI=1S/C22H28N2O4/c1-14-7-8-18(22(26)28-6)11-19(14)23-20(25)13-24(4)12-17-9-15(2)21(27-5)16(3)10-17/h7-11H,12-13H2,1-6H3,(H,23,25). The number of anilines is 1. The van der Waals surface area contributed by atoms with Crippen LogP contribution in [0.15, 0.2) is 30.3 Å². The fraction of sp³-hybridized carbons (Fsp3) is 0.364. The Bertz CT molecular complexity index is 854. The van der Waals surface area contributed by atoms with Gasteiger partial charge in [0.1, 0.15) is 5.75 Å². The fourth-order valence-electron chi connectivity index (χ4n) is 3.26. The molecule has 0 unspecified atom stereocenters. The topological polar surface area (TPSA) is 67.9 Å². The molecule has 0 aliphatic rings. The summed E-state index contributed by atoms with van der Waals surface area (Å²) in [6.45, 7) is 6.77. The van der Waals surface area contributed by atoms with Crippen molar-refractivity contribution in [2.24, 2.45) is 0 Å². The third-order valence-corrected chi connectivity index (χ3v) is 4.52. The van der Waals surface area contributed by atoms with Gasteiger partial charge in [0.15, 0.2) is 0 Å². The minimum absolute atomic E-state index is 0.144. The van der Waals surface area contributed by atoms with Crippen LogP contribution in [0, 0.1) is 20.8 Å². The number of esters is 1. The molecule has 1 N–H and O–H groups in total. The van der Waals surface area contributed by atoms with Crippen LogP contribution < -0.4 is 10.1 Å². The normalized spacial score (nSPS) is 10.7. The van der Waals surface area contributed by atoms with Gasteiger partial charge in [-0.05, 0) is 62.2 Å². The highest BCUT2D eigenvalue weighted by Crippen LogP contribution is 2.25. The minimum atomic E-state index is -0.433. The van der Waals surface area contributed by atoms with Crippen molar-refractivity contribution >= 4 is 17.6 Å². The van der Waals surface area contributed by atoms with Crippen LogP contribution >= 0.6 is 0 Å². The molecule has 0 bridgehead atoms. The highest BCUT2D eigenvalue weighted by molar-refractivity contribution is 5.96. The van der Waals surface area contributed by atoms with E-state index in [0.717, 1.165) is 28.0 Å². The second-order valence-electron chi connectivity index (χ2n) is 7.00. The molecule has 0 radical (unpaired) electrons. The molecule has 1 amide bonds. The van der Waals surface area contributed by atoms with Crippen molar-refractivity contribution < 1.29 is 19.1 Å². The third-order valence-electron chi connectivity index (χ3n) is 4.52. The maximum Gasteiger partial charge on any atom is 0.337 e. The summed E-state index contributed by atoms with van der Waals surface area (Å²) in [5.41, 5.74) is 5.16. The molecule has 0 spiro atoms. The molecule has 0 atom stereocenters. The number of nitrogens with one attached hydrogen (secondary N) is 1. The summed E-state index contributed by atoms with van der Waals surface area (Å²) in [7, 11) is 4.90. The number of hydrogen-bond acceptors (Lipinski definition) is 5. The Balaban J connectivity index is 2.02. The van der Waals surface area contributed by atoms with Crippen molar-refractivity contribution in [2.75, 3.05) is 33.1 Å². The number of aryl methyl sites for hydroxylation is 3. The van der Waals surface area contributed by atoms with Crippen molar-refractivity contribution in [3.63, 3.8) is 0 Å². The number of benzene rings is 2. The van der Waals surface area contributed by atoms with E-state index < -0.39 is 5.97 Å². The molecule has 2 aromatic rings. The van der Waals surface area contributed by atoms with E-state index in [1.807, 2.05) is 32.7 Å². The molecule has 150 valence electrons. The number of likely N-dealkylation sites (N-methyl/N-ethyl adjacent to an activating group) is 1. The van der Waals surface area contributed by atoms with Gasteiger partial charge in [-0.15, -0.1) is 0 Å². The van der Waals surface area contributed by atoms with Gasteiger partial charge in [-0.25, -0.2) is 4.79 Å². The summed E-state index contributed by atoms with van der Waals surface area (Å²) in [6.07, 6.45) is 0. The van der Waals surface area contributed by atoms with E-state index in [0.29, 0.717) is 17.8 Å². The van der Waals surface area contributed by atoms with Gasteiger partial charge in [-0.3, -0.25) is 9.69 Å². The lowest BCUT2D eigenvalue weighted by Gasteiger charge is -2.19. The SMILES string of the molecule is COC(=O)c1ccc(C)c(NC(=O)CN(C)Cc2cc(C)c(OC)c(C)c2)c1. The van der Waals surface area contributed by atoms with Gasteiger partial charge in [-0.2, -0.15) is 0 Å². The molecule has 0 saturated heterocycles. The number of ether oxygens (including phenoxy) is 2. The van der Waals surface area contributed by atoms with E-state index in [4.69, 9.17) is 9.47 Å². The van der Waals surface area contributed by atoms with Crippen molar-refractivity contribution in [2.45, 2.75) is 27.3 Å². The summed E-state index contributed by atoms with van der Waals surface area (Å²) in [5, 5.41) is 2.88. The second kappa shape index (κ2) is 9.37. The Morgan fingerprint density at radius 2 is 1.64 bits per heavy atom. The molecule has 28 heavy (non-hydrogen) atoms. The van der Waals surface area contributed by atoms with Crippen LogP contribution in [0.1, 0.15) is 32.6 Å². The molecule has 0 aliphatic heterocycles. The van der Waals surface area contributed by atoms with E-state index in [-0.39, 0.29) is 12.5 Å². The molecule has 6 nitrogen and oxygen atoms in total. The Morgan fingerprint density at radius 1 is 1.00 bits per heavy atom. The molecule has 2 rings (SSSR count). The second-order valence-corrected chi connectivity index (χ2v) is 7.00. The molecular formula is C22H28N2O4. The number of carbonyl (C=O) groups is 2. The first-order valence-electron chi connectivity index (χ1n) is 9.06. The third kappa shape index (κ3) is 5.33. The van der Waals surface area contributed by atoms with Gasteiger partial charge in [0.05, 0.1) is 26.3 Å². The number of rotatable bonds is 7. The molecule has 0 aliphatic carbocycles. The average Bonchev–Trinajstić information content (AvgIpc) is 2.62. The lowest BCUT2D eigenvalue weighted by atomic mass is 10.1. The zero-order valence-corrected chi connectivity index (χ0v) is 17.4. The highest BCUT2D eigenvalue weighted by Gasteiger charge is 2.13. The minimum Gasteiger partial charge on any atom is -0.496 e. The van der Waals surface area contributed by atoms with Crippen LogP contribution in [0.4, 0.5) is 5.69 Å². The number of methoxy groups -OCH3 is 2. The largest absolute Gasteiger partial charge is 0.496 e. The first kappa shape index (κ1) is 21.4. The number of carbonyl (C=O) groups excluding carboxylic acids is 2. The smallest absolute Gasteiger partial charge is 0.337 e. The Hall–Kier alpha value is -2.86. The maximum atomic E-state index is 12.5. The lowest BCUT2D eigenvalue weighted by molar-refractivity contribution is -0.117. The first-order valence-corrected chi connectivity index (χ1v) is 9.06. The molecule has 0 aromatic heterocycles. The van der Waals surface area contributed by atoms with E-state index in [1.165, 1.54) is 7.11 Å².